The van der Waals surface area contributed by atoms with Crippen molar-refractivity contribution < 1.29 is 23.4 Å². The highest BCUT2D eigenvalue weighted by Crippen LogP contribution is 2.29. The van der Waals surface area contributed by atoms with Crippen molar-refractivity contribution >= 4 is 6.08 Å². The summed E-state index contributed by atoms with van der Waals surface area (Å²) in [7, 11) is 0. The third-order valence-corrected chi connectivity index (χ3v) is 2.01. The van der Waals surface area contributed by atoms with Gasteiger partial charge in [-0.1, -0.05) is 18.2 Å². The molecule has 16 heavy (non-hydrogen) atoms. The van der Waals surface area contributed by atoms with Crippen molar-refractivity contribution in [3.8, 4) is 0 Å². The average molecular weight is 232 g/mol. The van der Waals surface area contributed by atoms with E-state index in [0.29, 0.717) is 11.1 Å². The minimum Gasteiger partial charge on any atom is -0.392 e. The minimum absolute atomic E-state index is 0.322. The summed E-state index contributed by atoms with van der Waals surface area (Å²) in [6.07, 6.45) is -2.90. The van der Waals surface area contributed by atoms with Gasteiger partial charge in [-0.3, -0.25) is 0 Å². The Morgan fingerprint density at radius 3 is 1.94 bits per heavy atom. The molecule has 0 aromatic heterocycles. The second kappa shape index (κ2) is 5.14. The van der Waals surface area contributed by atoms with E-state index < -0.39 is 11.7 Å². The van der Waals surface area contributed by atoms with E-state index >= 15 is 0 Å². The van der Waals surface area contributed by atoms with Gasteiger partial charge in [-0.15, -0.1) is 0 Å². The third kappa shape index (κ3) is 3.36. The highest BCUT2D eigenvalue weighted by atomic mass is 19.4. The Kier molecular flexibility index (Phi) is 4.09. The molecule has 0 fully saturated rings. The van der Waals surface area contributed by atoms with Gasteiger partial charge in [0.2, 0.25) is 0 Å². The van der Waals surface area contributed by atoms with E-state index in [0.717, 1.165) is 12.1 Å². The van der Waals surface area contributed by atoms with Crippen LogP contribution in [0.15, 0.2) is 29.8 Å². The molecular weight excluding hydrogens is 221 g/mol. The monoisotopic (exact) mass is 232 g/mol. The third-order valence-electron chi connectivity index (χ3n) is 2.01. The summed E-state index contributed by atoms with van der Waals surface area (Å²) in [5.74, 6) is 0. The minimum atomic E-state index is -4.35. The fraction of sp³-hybridized carbons (Fsp3) is 0.273. The summed E-state index contributed by atoms with van der Waals surface area (Å²) in [5, 5.41) is 17.5. The van der Waals surface area contributed by atoms with E-state index in [1.807, 2.05) is 0 Å². The van der Waals surface area contributed by atoms with Gasteiger partial charge in [0, 0.05) is 0 Å². The zero-order valence-corrected chi connectivity index (χ0v) is 8.33. The topological polar surface area (TPSA) is 40.5 Å². The molecule has 1 aromatic rings. The summed E-state index contributed by atoms with van der Waals surface area (Å²) < 4.78 is 36.7. The molecule has 1 aromatic carbocycles. The van der Waals surface area contributed by atoms with Crippen molar-refractivity contribution in [2.75, 3.05) is 13.2 Å². The van der Waals surface area contributed by atoms with Gasteiger partial charge in [-0.25, -0.2) is 0 Å². The SMILES string of the molecule is OCC(=Cc1ccc(C(F)(F)F)cc1)CO. The lowest BCUT2D eigenvalue weighted by atomic mass is 10.1. The molecule has 0 spiro atoms. The first-order valence-corrected chi connectivity index (χ1v) is 4.56. The summed E-state index contributed by atoms with van der Waals surface area (Å²) in [4.78, 5) is 0. The molecule has 0 unspecified atom stereocenters. The van der Waals surface area contributed by atoms with Crippen molar-refractivity contribution in [1.29, 1.82) is 0 Å². The Balaban J connectivity index is 2.91. The van der Waals surface area contributed by atoms with Gasteiger partial charge in [0.25, 0.3) is 0 Å². The molecule has 0 heterocycles. The van der Waals surface area contributed by atoms with E-state index in [4.69, 9.17) is 10.2 Å². The Morgan fingerprint density at radius 1 is 1.06 bits per heavy atom. The number of hydrogen-bond donors (Lipinski definition) is 2. The standard InChI is InChI=1S/C11H11F3O2/c12-11(13,14)10-3-1-8(2-4-10)5-9(6-15)7-16/h1-5,15-16H,6-7H2. The second-order valence-electron chi connectivity index (χ2n) is 3.24. The lowest BCUT2D eigenvalue weighted by molar-refractivity contribution is -0.137. The highest BCUT2D eigenvalue weighted by Gasteiger charge is 2.29. The van der Waals surface area contributed by atoms with Gasteiger partial charge in [-0.05, 0) is 23.3 Å². The first-order chi connectivity index (χ1) is 7.47. The van der Waals surface area contributed by atoms with Crippen LogP contribution in [-0.2, 0) is 6.18 Å². The van der Waals surface area contributed by atoms with Crippen molar-refractivity contribution in [3.05, 3.63) is 41.0 Å². The van der Waals surface area contributed by atoms with Crippen LogP contribution in [0, 0.1) is 0 Å². The summed E-state index contributed by atoms with van der Waals surface area (Å²) >= 11 is 0. The van der Waals surface area contributed by atoms with Crippen molar-refractivity contribution in [3.63, 3.8) is 0 Å². The molecule has 0 aliphatic heterocycles. The van der Waals surface area contributed by atoms with E-state index in [2.05, 4.69) is 0 Å². The Bertz CT molecular complexity index is 360. The fourth-order valence-electron chi connectivity index (χ4n) is 1.15. The van der Waals surface area contributed by atoms with Crippen molar-refractivity contribution in [1.82, 2.24) is 0 Å². The largest absolute Gasteiger partial charge is 0.416 e. The summed E-state index contributed by atoms with van der Waals surface area (Å²) in [6, 6.07) is 4.48. The normalized spacial score (nSPS) is 11.3. The highest BCUT2D eigenvalue weighted by molar-refractivity contribution is 5.53. The van der Waals surface area contributed by atoms with Crippen LogP contribution >= 0.6 is 0 Å². The van der Waals surface area contributed by atoms with E-state index in [1.54, 1.807) is 0 Å². The smallest absolute Gasteiger partial charge is 0.392 e. The fourth-order valence-corrected chi connectivity index (χ4v) is 1.15. The van der Waals surface area contributed by atoms with Crippen LogP contribution in [0.4, 0.5) is 13.2 Å². The van der Waals surface area contributed by atoms with Crippen LogP contribution in [-0.4, -0.2) is 23.4 Å². The van der Waals surface area contributed by atoms with Crippen LogP contribution in [0.25, 0.3) is 6.08 Å². The van der Waals surface area contributed by atoms with E-state index in [9.17, 15) is 13.2 Å². The van der Waals surface area contributed by atoms with Gasteiger partial charge in [0.1, 0.15) is 0 Å². The predicted octanol–water partition coefficient (Wildman–Crippen LogP) is 2.07. The van der Waals surface area contributed by atoms with Crippen LogP contribution in [0.3, 0.4) is 0 Å². The molecule has 0 aliphatic carbocycles. The molecular formula is C11H11F3O2. The van der Waals surface area contributed by atoms with Crippen LogP contribution in [0.2, 0.25) is 0 Å². The molecule has 2 N–H and O–H groups in total. The maximum Gasteiger partial charge on any atom is 0.416 e. The number of aliphatic hydroxyl groups excluding tert-OH is 2. The first-order valence-electron chi connectivity index (χ1n) is 4.56. The quantitative estimate of drug-likeness (QED) is 0.837. The maximum atomic E-state index is 12.2. The van der Waals surface area contributed by atoms with E-state index in [-0.39, 0.29) is 13.2 Å². The first kappa shape index (κ1) is 12.7. The van der Waals surface area contributed by atoms with Gasteiger partial charge in [0.05, 0.1) is 18.8 Å². The number of alkyl halides is 3. The van der Waals surface area contributed by atoms with E-state index in [1.165, 1.54) is 18.2 Å². The molecule has 1 rings (SSSR count). The number of aliphatic hydroxyl groups is 2. The predicted molar refractivity (Wildman–Crippen MR) is 53.6 cm³/mol. The molecule has 88 valence electrons. The van der Waals surface area contributed by atoms with Crippen molar-refractivity contribution in [2.45, 2.75) is 6.18 Å². The lowest BCUT2D eigenvalue weighted by Gasteiger charge is -2.06. The summed E-state index contributed by atoms with van der Waals surface area (Å²) in [6.45, 7) is -0.644. The maximum absolute atomic E-state index is 12.2. The molecule has 0 atom stereocenters. The number of halogens is 3. The van der Waals surface area contributed by atoms with Gasteiger partial charge in [-0.2, -0.15) is 13.2 Å². The Morgan fingerprint density at radius 2 is 1.56 bits per heavy atom. The molecule has 5 heteroatoms. The van der Waals surface area contributed by atoms with Crippen LogP contribution < -0.4 is 0 Å². The average Bonchev–Trinajstić information content (AvgIpc) is 2.25. The number of benzene rings is 1. The molecule has 0 radical (unpaired) electrons. The van der Waals surface area contributed by atoms with Gasteiger partial charge < -0.3 is 10.2 Å². The zero-order chi connectivity index (χ0) is 12.2. The number of rotatable bonds is 3. The Hall–Kier alpha value is -1.33. The molecule has 0 saturated carbocycles. The molecule has 0 saturated heterocycles. The molecule has 0 aliphatic rings. The van der Waals surface area contributed by atoms with Gasteiger partial charge in [0.15, 0.2) is 0 Å². The summed E-state index contributed by atoms with van der Waals surface area (Å²) in [5.41, 5.74) is 0.130. The zero-order valence-electron chi connectivity index (χ0n) is 8.33. The number of hydrogen-bond acceptors (Lipinski definition) is 2. The molecule has 0 bridgehead atoms. The molecule has 2 nitrogen and oxygen atoms in total. The van der Waals surface area contributed by atoms with Crippen LogP contribution in [0.1, 0.15) is 11.1 Å². The lowest BCUT2D eigenvalue weighted by Crippen LogP contribution is -2.04. The van der Waals surface area contributed by atoms with Gasteiger partial charge >= 0.3 is 6.18 Å². The molecule has 0 amide bonds. The second-order valence-corrected chi connectivity index (χ2v) is 3.24. The van der Waals surface area contributed by atoms with Crippen molar-refractivity contribution in [2.24, 2.45) is 0 Å². The van der Waals surface area contributed by atoms with Crippen LogP contribution in [0.5, 0.6) is 0 Å². The Labute approximate surface area is 90.7 Å².